The fourth-order valence-electron chi connectivity index (χ4n) is 3.19. The molecule has 1 atom stereocenters. The maximum Gasteiger partial charge on any atom is 0.282 e. The highest BCUT2D eigenvalue weighted by Crippen LogP contribution is 2.28. The number of thiocarbonyl (C=S) groups is 1. The van der Waals surface area contributed by atoms with Gasteiger partial charge in [0.05, 0.1) is 5.69 Å². The van der Waals surface area contributed by atoms with Crippen LogP contribution in [0.2, 0.25) is 0 Å². The molecule has 4 N–H and O–H groups in total. The quantitative estimate of drug-likeness (QED) is 0.292. The van der Waals surface area contributed by atoms with E-state index in [1.807, 2.05) is 33.8 Å². The zero-order valence-corrected chi connectivity index (χ0v) is 18.5. The summed E-state index contributed by atoms with van der Waals surface area (Å²) in [7, 11) is 0. The Morgan fingerprint density at radius 1 is 1.00 bits per heavy atom. The lowest BCUT2D eigenvalue weighted by Crippen LogP contribution is -2.35. The van der Waals surface area contributed by atoms with Gasteiger partial charge in [0.1, 0.15) is 5.71 Å². The van der Waals surface area contributed by atoms with Gasteiger partial charge in [0.25, 0.3) is 11.8 Å². The molecule has 3 rings (SSSR count). The SMILES string of the molecule is Cc1ccc(NC(=O)C2C(=O)N(c3ccc(C)c(C)c3)C(=O)/C2=N\NC(N)=S)cc1C. The van der Waals surface area contributed by atoms with Crippen LogP contribution in [-0.2, 0) is 14.4 Å². The lowest BCUT2D eigenvalue weighted by Gasteiger charge is -2.15. The molecule has 0 aromatic heterocycles. The van der Waals surface area contributed by atoms with Crippen LogP contribution in [0.5, 0.6) is 0 Å². The number of carbonyl (C=O) groups excluding carboxylic acids is 3. The Morgan fingerprint density at radius 2 is 1.61 bits per heavy atom. The Labute approximate surface area is 185 Å². The van der Waals surface area contributed by atoms with Crippen molar-refractivity contribution in [1.29, 1.82) is 0 Å². The number of rotatable bonds is 4. The topological polar surface area (TPSA) is 117 Å². The number of hydrazone groups is 1. The molecule has 0 bridgehead atoms. The Morgan fingerprint density at radius 3 is 2.19 bits per heavy atom. The third-order valence-corrected chi connectivity index (χ3v) is 5.33. The van der Waals surface area contributed by atoms with Gasteiger partial charge in [0, 0.05) is 5.69 Å². The standard InChI is InChI=1S/C22H23N5O3S/c1-11-5-7-15(9-13(11)3)24-19(28)17-18(25-26-22(23)31)21(30)27(20(17)29)16-8-6-12(2)14(4)10-16/h5-10,17H,1-4H3,(H,24,28)(H3,23,26,31)/b25-18-. The smallest absolute Gasteiger partial charge is 0.282 e. The normalized spacial score (nSPS) is 17.2. The molecule has 2 aromatic rings. The van der Waals surface area contributed by atoms with Crippen molar-refractivity contribution in [2.75, 3.05) is 10.2 Å². The first-order valence-electron chi connectivity index (χ1n) is 9.57. The zero-order chi connectivity index (χ0) is 22.9. The molecule has 1 heterocycles. The van der Waals surface area contributed by atoms with Gasteiger partial charge in [0.15, 0.2) is 11.0 Å². The second-order valence-electron chi connectivity index (χ2n) is 7.44. The average Bonchev–Trinajstić information content (AvgIpc) is 2.95. The number of nitrogens with two attached hydrogens (primary N) is 1. The summed E-state index contributed by atoms with van der Waals surface area (Å²) in [5, 5.41) is 6.39. The minimum atomic E-state index is -1.45. The summed E-state index contributed by atoms with van der Waals surface area (Å²) >= 11 is 4.74. The molecule has 8 nitrogen and oxygen atoms in total. The van der Waals surface area contributed by atoms with Crippen LogP contribution in [0.1, 0.15) is 22.3 Å². The molecule has 9 heteroatoms. The van der Waals surface area contributed by atoms with Crippen molar-refractivity contribution in [3.05, 3.63) is 58.7 Å². The van der Waals surface area contributed by atoms with Gasteiger partial charge in [-0.25, -0.2) is 4.90 Å². The van der Waals surface area contributed by atoms with Crippen LogP contribution in [-0.4, -0.2) is 28.5 Å². The Hall–Kier alpha value is -3.59. The molecule has 0 radical (unpaired) electrons. The van der Waals surface area contributed by atoms with E-state index in [1.54, 1.807) is 30.3 Å². The lowest BCUT2D eigenvalue weighted by atomic mass is 10.0. The van der Waals surface area contributed by atoms with Gasteiger partial charge >= 0.3 is 0 Å². The number of carbonyl (C=O) groups is 3. The van der Waals surface area contributed by atoms with Crippen LogP contribution in [0, 0.1) is 33.6 Å². The van der Waals surface area contributed by atoms with E-state index >= 15 is 0 Å². The molecule has 0 saturated carbocycles. The monoisotopic (exact) mass is 437 g/mol. The van der Waals surface area contributed by atoms with Crippen LogP contribution in [0.15, 0.2) is 41.5 Å². The van der Waals surface area contributed by atoms with Gasteiger partial charge < -0.3 is 11.1 Å². The maximum absolute atomic E-state index is 13.2. The minimum absolute atomic E-state index is 0.189. The molecule has 1 aliphatic rings. The van der Waals surface area contributed by atoms with Crippen LogP contribution < -0.4 is 21.4 Å². The molecule has 2 aromatic carbocycles. The minimum Gasteiger partial charge on any atom is -0.375 e. The predicted octanol–water partition coefficient (Wildman–Crippen LogP) is 2.24. The Bertz CT molecular complexity index is 1140. The van der Waals surface area contributed by atoms with Crippen molar-refractivity contribution in [2.24, 2.45) is 16.8 Å². The fourth-order valence-corrected chi connectivity index (χ4v) is 3.24. The molecular weight excluding hydrogens is 414 g/mol. The van der Waals surface area contributed by atoms with Crippen molar-refractivity contribution in [1.82, 2.24) is 5.43 Å². The molecule has 0 spiro atoms. The summed E-state index contributed by atoms with van der Waals surface area (Å²) in [5.74, 6) is -3.52. The van der Waals surface area contributed by atoms with Gasteiger partial charge in [-0.05, 0) is 86.4 Å². The highest BCUT2D eigenvalue weighted by molar-refractivity contribution is 7.80. The van der Waals surface area contributed by atoms with E-state index in [1.165, 1.54) is 0 Å². The molecule has 1 fully saturated rings. The highest BCUT2D eigenvalue weighted by Gasteiger charge is 2.50. The number of imide groups is 1. The van der Waals surface area contributed by atoms with Crippen LogP contribution in [0.4, 0.5) is 11.4 Å². The van der Waals surface area contributed by atoms with Gasteiger partial charge in [-0.15, -0.1) is 0 Å². The number of nitrogens with zero attached hydrogens (tertiary/aromatic N) is 2. The average molecular weight is 438 g/mol. The summed E-state index contributed by atoms with van der Waals surface area (Å²) in [6, 6.07) is 10.6. The van der Waals surface area contributed by atoms with Crippen molar-refractivity contribution in [3.8, 4) is 0 Å². The predicted molar refractivity (Wildman–Crippen MR) is 124 cm³/mol. The summed E-state index contributed by atoms with van der Waals surface area (Å²) in [6.45, 7) is 7.66. The zero-order valence-electron chi connectivity index (χ0n) is 17.6. The van der Waals surface area contributed by atoms with E-state index in [9.17, 15) is 14.4 Å². The largest absolute Gasteiger partial charge is 0.375 e. The van der Waals surface area contributed by atoms with Crippen molar-refractivity contribution in [2.45, 2.75) is 27.7 Å². The lowest BCUT2D eigenvalue weighted by molar-refractivity contribution is -0.127. The summed E-state index contributed by atoms with van der Waals surface area (Å²) in [5.41, 5.74) is 12.3. The highest BCUT2D eigenvalue weighted by atomic mass is 32.1. The first-order valence-corrected chi connectivity index (χ1v) is 9.97. The molecule has 31 heavy (non-hydrogen) atoms. The number of hydrogen-bond acceptors (Lipinski definition) is 5. The van der Waals surface area contributed by atoms with Crippen LogP contribution >= 0.6 is 12.2 Å². The first kappa shape index (κ1) is 22.1. The number of nitrogens with one attached hydrogen (secondary N) is 2. The number of amides is 3. The van der Waals surface area contributed by atoms with E-state index in [-0.39, 0.29) is 10.8 Å². The van der Waals surface area contributed by atoms with E-state index in [2.05, 4.69) is 15.8 Å². The second-order valence-corrected chi connectivity index (χ2v) is 7.88. The maximum atomic E-state index is 13.2. The Balaban J connectivity index is 1.99. The number of hydrogen-bond donors (Lipinski definition) is 3. The van der Waals surface area contributed by atoms with Gasteiger partial charge in [-0.1, -0.05) is 12.1 Å². The van der Waals surface area contributed by atoms with Crippen LogP contribution in [0.3, 0.4) is 0 Å². The van der Waals surface area contributed by atoms with Crippen LogP contribution in [0.25, 0.3) is 0 Å². The van der Waals surface area contributed by atoms with Crippen molar-refractivity contribution in [3.63, 3.8) is 0 Å². The number of benzene rings is 2. The van der Waals surface area contributed by atoms with Gasteiger partial charge in [0.2, 0.25) is 5.91 Å². The Kier molecular flexibility index (Phi) is 6.16. The number of anilines is 2. The molecule has 3 amide bonds. The third-order valence-electron chi connectivity index (χ3n) is 5.23. The van der Waals surface area contributed by atoms with E-state index in [4.69, 9.17) is 18.0 Å². The molecule has 1 aliphatic heterocycles. The van der Waals surface area contributed by atoms with Crippen molar-refractivity contribution >= 4 is 52.1 Å². The molecule has 1 saturated heterocycles. The molecule has 160 valence electrons. The van der Waals surface area contributed by atoms with Gasteiger partial charge in [-0.2, -0.15) is 5.10 Å². The van der Waals surface area contributed by atoms with Crippen molar-refractivity contribution < 1.29 is 14.4 Å². The molecular formula is C22H23N5O3S. The van der Waals surface area contributed by atoms with Gasteiger partial charge in [-0.3, -0.25) is 19.8 Å². The third kappa shape index (κ3) is 4.46. The molecule has 0 aliphatic carbocycles. The molecule has 1 unspecified atom stereocenters. The summed E-state index contributed by atoms with van der Waals surface area (Å²) in [6.07, 6.45) is 0. The first-order chi connectivity index (χ1) is 14.6. The summed E-state index contributed by atoms with van der Waals surface area (Å²) in [4.78, 5) is 40.2. The fraction of sp³-hybridized carbons (Fsp3) is 0.227. The summed E-state index contributed by atoms with van der Waals surface area (Å²) < 4.78 is 0. The second kappa shape index (κ2) is 8.65. The van der Waals surface area contributed by atoms with E-state index in [0.29, 0.717) is 11.4 Å². The number of aryl methyl sites for hydroxylation is 4. The van der Waals surface area contributed by atoms with E-state index in [0.717, 1.165) is 27.2 Å². The van der Waals surface area contributed by atoms with E-state index < -0.39 is 23.6 Å².